The van der Waals surface area contributed by atoms with Crippen LogP contribution in [0.4, 0.5) is 16.3 Å². The highest BCUT2D eigenvalue weighted by Crippen LogP contribution is 2.31. The zero-order chi connectivity index (χ0) is 27.7. The first kappa shape index (κ1) is 26.8. The molecule has 0 aliphatic heterocycles. The van der Waals surface area contributed by atoms with E-state index in [0.29, 0.717) is 12.1 Å². The third-order valence-corrected chi connectivity index (χ3v) is 7.38. The molecule has 3 aromatic carbocycles. The van der Waals surface area contributed by atoms with Crippen molar-refractivity contribution in [3.63, 3.8) is 0 Å². The van der Waals surface area contributed by atoms with E-state index in [2.05, 4.69) is 33.8 Å². The van der Waals surface area contributed by atoms with Crippen LogP contribution in [0.3, 0.4) is 0 Å². The third kappa shape index (κ3) is 6.59. The van der Waals surface area contributed by atoms with Gasteiger partial charge in [-0.3, -0.25) is 4.90 Å². The van der Waals surface area contributed by atoms with Crippen molar-refractivity contribution in [1.82, 2.24) is 10.3 Å². The number of ether oxygens (including phenoxy) is 1. The number of pyridine rings is 1. The molecule has 1 aromatic heterocycles. The quantitative estimate of drug-likeness (QED) is 0.262. The van der Waals surface area contributed by atoms with E-state index >= 15 is 0 Å². The standard InChI is InChI=1S/C33H33N5O2/c1-40-31-18-10-27(11-19-31)26-8-14-29(15-9-26)38(33(39)36-22-24-5-3-2-4-6-24)30-16-12-28(13-17-30)37-32-20-7-25(21-34)23-35-32/h2-11,14-15,18-20,23,28,30H,12-13,16-17,22H2,1H3,(H,35,37)(H,36,39)/t28-,30-. The van der Waals surface area contributed by atoms with Crippen molar-refractivity contribution < 1.29 is 9.53 Å². The van der Waals surface area contributed by atoms with Crippen molar-refractivity contribution in [3.05, 3.63) is 108 Å². The Balaban J connectivity index is 1.30. The fourth-order valence-corrected chi connectivity index (χ4v) is 5.18. The van der Waals surface area contributed by atoms with E-state index in [9.17, 15) is 4.79 Å². The average Bonchev–Trinajstić information content (AvgIpc) is 3.02. The number of hydrogen-bond acceptors (Lipinski definition) is 5. The van der Waals surface area contributed by atoms with Crippen LogP contribution >= 0.6 is 0 Å². The lowest BCUT2D eigenvalue weighted by Crippen LogP contribution is -2.48. The Bertz CT molecular complexity index is 1420. The van der Waals surface area contributed by atoms with Gasteiger partial charge in [-0.05, 0) is 78.8 Å². The molecular weight excluding hydrogens is 498 g/mol. The van der Waals surface area contributed by atoms with Crippen LogP contribution in [-0.4, -0.2) is 30.2 Å². The largest absolute Gasteiger partial charge is 0.497 e. The topological polar surface area (TPSA) is 90.3 Å². The molecule has 0 unspecified atom stereocenters. The van der Waals surface area contributed by atoms with Crippen molar-refractivity contribution in [2.24, 2.45) is 0 Å². The summed E-state index contributed by atoms with van der Waals surface area (Å²) >= 11 is 0. The molecule has 2 N–H and O–H groups in total. The number of methoxy groups -OCH3 is 1. The van der Waals surface area contributed by atoms with Crippen LogP contribution in [0.2, 0.25) is 0 Å². The number of carbonyl (C=O) groups excluding carboxylic acids is 1. The van der Waals surface area contributed by atoms with Crippen LogP contribution in [0, 0.1) is 11.3 Å². The normalized spacial score (nSPS) is 16.4. The molecule has 0 radical (unpaired) electrons. The molecule has 0 atom stereocenters. The van der Waals surface area contributed by atoms with Gasteiger partial charge < -0.3 is 15.4 Å². The lowest BCUT2D eigenvalue weighted by atomic mass is 9.89. The van der Waals surface area contributed by atoms with E-state index in [4.69, 9.17) is 10.00 Å². The van der Waals surface area contributed by atoms with E-state index in [1.807, 2.05) is 77.7 Å². The van der Waals surface area contributed by atoms with Crippen LogP contribution in [0.1, 0.15) is 36.8 Å². The number of benzene rings is 3. The molecule has 1 saturated carbocycles. The SMILES string of the molecule is COc1ccc(-c2ccc(N(C(=O)NCc3ccccc3)[C@H]3CC[C@H](Nc4ccc(C#N)cn4)CC3)cc2)cc1. The molecule has 1 aliphatic carbocycles. The summed E-state index contributed by atoms with van der Waals surface area (Å²) in [6.45, 7) is 0.474. The minimum Gasteiger partial charge on any atom is -0.497 e. The van der Waals surface area contributed by atoms with Crippen molar-refractivity contribution in [2.75, 3.05) is 17.3 Å². The Labute approximate surface area is 235 Å². The first-order valence-electron chi connectivity index (χ1n) is 13.6. The molecule has 7 nitrogen and oxygen atoms in total. The number of anilines is 2. The Kier molecular flexibility index (Phi) is 8.57. The van der Waals surface area contributed by atoms with Gasteiger partial charge in [0.15, 0.2) is 0 Å². The summed E-state index contributed by atoms with van der Waals surface area (Å²) in [5.74, 6) is 1.59. The summed E-state index contributed by atoms with van der Waals surface area (Å²) in [4.78, 5) is 19.9. The maximum absolute atomic E-state index is 13.6. The second-order valence-corrected chi connectivity index (χ2v) is 9.98. The summed E-state index contributed by atoms with van der Waals surface area (Å²) in [5.41, 5.74) is 4.67. The van der Waals surface area contributed by atoms with E-state index in [1.165, 1.54) is 0 Å². The molecule has 1 fully saturated rings. The van der Waals surface area contributed by atoms with Gasteiger partial charge in [0.25, 0.3) is 0 Å². The van der Waals surface area contributed by atoms with Crippen LogP contribution < -0.4 is 20.3 Å². The fraction of sp³-hybridized carbons (Fsp3) is 0.242. The van der Waals surface area contributed by atoms with Crippen molar-refractivity contribution in [2.45, 2.75) is 44.3 Å². The number of nitrogens with one attached hydrogen (secondary N) is 2. The van der Waals surface area contributed by atoms with Crippen LogP contribution in [0.15, 0.2) is 97.2 Å². The first-order valence-corrected chi connectivity index (χ1v) is 13.6. The third-order valence-electron chi connectivity index (χ3n) is 7.38. The van der Waals surface area contributed by atoms with Crippen LogP contribution in [0.5, 0.6) is 5.75 Å². The molecular formula is C33H33N5O2. The molecule has 0 spiro atoms. The predicted molar refractivity (Wildman–Crippen MR) is 158 cm³/mol. The van der Waals surface area contributed by atoms with Crippen molar-refractivity contribution in [1.29, 1.82) is 5.26 Å². The fourth-order valence-electron chi connectivity index (χ4n) is 5.18. The Hall–Kier alpha value is -4.83. The number of aromatic nitrogens is 1. The maximum atomic E-state index is 13.6. The van der Waals surface area contributed by atoms with Gasteiger partial charge >= 0.3 is 6.03 Å². The van der Waals surface area contributed by atoms with Gasteiger partial charge in [0.05, 0.1) is 12.7 Å². The van der Waals surface area contributed by atoms with Crippen molar-refractivity contribution in [3.8, 4) is 22.9 Å². The average molecular weight is 532 g/mol. The van der Waals surface area contributed by atoms with Gasteiger partial charge in [-0.1, -0.05) is 54.6 Å². The number of urea groups is 1. The van der Waals surface area contributed by atoms with E-state index in [0.717, 1.165) is 59.6 Å². The minimum absolute atomic E-state index is 0.0783. The second kappa shape index (κ2) is 12.8. The van der Waals surface area contributed by atoms with Gasteiger partial charge in [0, 0.05) is 30.5 Å². The van der Waals surface area contributed by atoms with Crippen LogP contribution in [-0.2, 0) is 6.54 Å². The Morgan fingerprint density at radius 1 is 0.925 bits per heavy atom. The minimum atomic E-state index is -0.0915. The molecule has 202 valence electrons. The lowest BCUT2D eigenvalue weighted by Gasteiger charge is -2.37. The zero-order valence-electron chi connectivity index (χ0n) is 22.6. The molecule has 1 aliphatic rings. The maximum Gasteiger partial charge on any atom is 0.322 e. The monoisotopic (exact) mass is 531 g/mol. The number of nitrogens with zero attached hydrogens (tertiary/aromatic N) is 3. The molecule has 5 rings (SSSR count). The van der Waals surface area contributed by atoms with Gasteiger partial charge in [-0.25, -0.2) is 9.78 Å². The molecule has 0 saturated heterocycles. The van der Waals surface area contributed by atoms with Gasteiger partial charge in [0.2, 0.25) is 0 Å². The molecule has 2 amide bonds. The highest BCUT2D eigenvalue weighted by molar-refractivity contribution is 5.93. The number of hydrogen-bond donors (Lipinski definition) is 2. The van der Waals surface area contributed by atoms with E-state index in [1.54, 1.807) is 19.4 Å². The Morgan fingerprint density at radius 2 is 1.60 bits per heavy atom. The summed E-state index contributed by atoms with van der Waals surface area (Å²) in [6.07, 6.45) is 5.15. The second-order valence-electron chi connectivity index (χ2n) is 9.98. The van der Waals surface area contributed by atoms with Gasteiger partial charge in [0.1, 0.15) is 17.6 Å². The highest BCUT2D eigenvalue weighted by Gasteiger charge is 2.30. The highest BCUT2D eigenvalue weighted by atomic mass is 16.5. The number of nitriles is 1. The zero-order valence-corrected chi connectivity index (χ0v) is 22.6. The molecule has 7 heteroatoms. The summed E-state index contributed by atoms with van der Waals surface area (Å²) in [6, 6.07) is 32.1. The molecule has 4 aromatic rings. The molecule has 0 bridgehead atoms. The smallest absolute Gasteiger partial charge is 0.322 e. The lowest BCUT2D eigenvalue weighted by molar-refractivity contribution is 0.240. The number of rotatable bonds is 8. The van der Waals surface area contributed by atoms with Gasteiger partial charge in [-0.15, -0.1) is 0 Å². The molecule has 40 heavy (non-hydrogen) atoms. The summed E-state index contributed by atoms with van der Waals surface area (Å²) in [7, 11) is 1.66. The summed E-state index contributed by atoms with van der Waals surface area (Å²) in [5, 5.41) is 15.6. The predicted octanol–water partition coefficient (Wildman–Crippen LogP) is 6.77. The summed E-state index contributed by atoms with van der Waals surface area (Å²) < 4.78 is 5.28. The van der Waals surface area contributed by atoms with E-state index < -0.39 is 0 Å². The van der Waals surface area contributed by atoms with Crippen LogP contribution in [0.25, 0.3) is 11.1 Å². The molecule has 1 heterocycles. The Morgan fingerprint density at radius 3 is 2.20 bits per heavy atom. The number of carbonyl (C=O) groups is 1. The van der Waals surface area contributed by atoms with Crippen molar-refractivity contribution >= 4 is 17.5 Å². The number of amides is 2. The van der Waals surface area contributed by atoms with E-state index in [-0.39, 0.29) is 18.1 Å². The first-order chi connectivity index (χ1) is 19.6. The van der Waals surface area contributed by atoms with Gasteiger partial charge in [-0.2, -0.15) is 5.26 Å².